The lowest BCUT2D eigenvalue weighted by atomic mass is 10.3. The zero-order chi connectivity index (χ0) is 13.1. The van der Waals surface area contributed by atoms with Crippen molar-refractivity contribution >= 4 is 21.8 Å². The first-order valence-electron chi connectivity index (χ1n) is 5.35. The van der Waals surface area contributed by atoms with Crippen molar-refractivity contribution in [1.29, 1.82) is 0 Å². The minimum Gasteiger partial charge on any atom is -0.249 e. The van der Waals surface area contributed by atoms with Crippen LogP contribution in [-0.2, 0) is 10.0 Å². The van der Waals surface area contributed by atoms with Crippen LogP contribution in [0.15, 0.2) is 28.3 Å². The van der Waals surface area contributed by atoms with Crippen molar-refractivity contribution in [3.8, 4) is 0 Å². The summed E-state index contributed by atoms with van der Waals surface area (Å²) in [5.41, 5.74) is 0. The van der Waals surface area contributed by atoms with Crippen LogP contribution in [0.4, 0.5) is 0 Å². The molecule has 0 unspecified atom stereocenters. The standard InChI is InChI=1S/C11H18N2O2S2/c1-9(2)8-16-11-6-5-10(7-12-11)17(14,15)13(3)4/h5-7,9H,8H2,1-4H3. The highest BCUT2D eigenvalue weighted by Crippen LogP contribution is 2.20. The van der Waals surface area contributed by atoms with E-state index in [1.54, 1.807) is 23.9 Å². The Kier molecular flexibility index (Phi) is 4.97. The van der Waals surface area contributed by atoms with Crippen LogP contribution in [0.25, 0.3) is 0 Å². The predicted molar refractivity (Wildman–Crippen MR) is 70.7 cm³/mol. The molecule has 0 atom stereocenters. The summed E-state index contributed by atoms with van der Waals surface area (Å²) >= 11 is 1.64. The molecule has 0 radical (unpaired) electrons. The monoisotopic (exact) mass is 274 g/mol. The molecule has 17 heavy (non-hydrogen) atoms. The molecule has 0 aliphatic heterocycles. The van der Waals surface area contributed by atoms with Crippen molar-refractivity contribution < 1.29 is 8.42 Å². The van der Waals surface area contributed by atoms with Gasteiger partial charge >= 0.3 is 0 Å². The molecule has 6 heteroatoms. The van der Waals surface area contributed by atoms with E-state index in [1.165, 1.54) is 24.6 Å². The number of sulfonamides is 1. The average Bonchev–Trinajstić information content (AvgIpc) is 2.26. The van der Waals surface area contributed by atoms with Crippen molar-refractivity contribution in [1.82, 2.24) is 9.29 Å². The van der Waals surface area contributed by atoms with Gasteiger partial charge in [-0.3, -0.25) is 0 Å². The number of pyridine rings is 1. The quantitative estimate of drug-likeness (QED) is 0.771. The fourth-order valence-corrected chi connectivity index (χ4v) is 2.71. The molecule has 0 N–H and O–H groups in total. The van der Waals surface area contributed by atoms with Crippen LogP contribution in [0.1, 0.15) is 13.8 Å². The average molecular weight is 274 g/mol. The minimum atomic E-state index is -3.36. The van der Waals surface area contributed by atoms with Crippen molar-refractivity contribution in [2.75, 3.05) is 19.8 Å². The SMILES string of the molecule is CC(C)CSc1ccc(S(=O)(=O)N(C)C)cn1. The third-order valence-electron chi connectivity index (χ3n) is 2.05. The molecule has 0 bridgehead atoms. The number of thioether (sulfide) groups is 1. The van der Waals surface area contributed by atoms with E-state index in [-0.39, 0.29) is 4.90 Å². The van der Waals surface area contributed by atoms with Gasteiger partial charge in [0.05, 0.1) is 5.03 Å². The maximum Gasteiger partial charge on any atom is 0.244 e. The van der Waals surface area contributed by atoms with Crippen LogP contribution >= 0.6 is 11.8 Å². The molecule has 1 aromatic rings. The second-order valence-electron chi connectivity index (χ2n) is 4.32. The highest BCUT2D eigenvalue weighted by atomic mass is 32.2. The van der Waals surface area contributed by atoms with Gasteiger partial charge in [0.15, 0.2) is 0 Å². The number of aromatic nitrogens is 1. The number of rotatable bonds is 5. The Bertz CT molecular complexity index is 453. The number of nitrogens with zero attached hydrogens (tertiary/aromatic N) is 2. The lowest BCUT2D eigenvalue weighted by molar-refractivity contribution is 0.520. The third kappa shape index (κ3) is 3.97. The van der Waals surface area contributed by atoms with E-state index in [0.717, 1.165) is 10.8 Å². The van der Waals surface area contributed by atoms with Gasteiger partial charge in [-0.15, -0.1) is 11.8 Å². The van der Waals surface area contributed by atoms with Crippen LogP contribution < -0.4 is 0 Å². The summed E-state index contributed by atoms with van der Waals surface area (Å²) < 4.78 is 24.8. The van der Waals surface area contributed by atoms with Crippen molar-refractivity contribution in [3.05, 3.63) is 18.3 Å². The van der Waals surface area contributed by atoms with Gasteiger partial charge in [0.2, 0.25) is 10.0 Å². The molecule has 0 saturated heterocycles. The summed E-state index contributed by atoms with van der Waals surface area (Å²) in [5.74, 6) is 1.57. The van der Waals surface area contributed by atoms with E-state index in [9.17, 15) is 8.42 Å². The highest BCUT2D eigenvalue weighted by molar-refractivity contribution is 7.99. The van der Waals surface area contributed by atoms with Crippen molar-refractivity contribution in [2.24, 2.45) is 5.92 Å². The second kappa shape index (κ2) is 5.84. The first-order valence-corrected chi connectivity index (χ1v) is 7.78. The first-order chi connectivity index (χ1) is 7.84. The molecule has 1 heterocycles. The van der Waals surface area contributed by atoms with Gasteiger partial charge in [-0.2, -0.15) is 0 Å². The van der Waals surface area contributed by atoms with Gasteiger partial charge < -0.3 is 0 Å². The molecular weight excluding hydrogens is 256 g/mol. The molecule has 96 valence electrons. The van der Waals surface area contributed by atoms with Crippen LogP contribution in [-0.4, -0.2) is 37.6 Å². The zero-order valence-corrected chi connectivity index (χ0v) is 12.2. The number of hydrogen-bond donors (Lipinski definition) is 0. The zero-order valence-electron chi connectivity index (χ0n) is 10.5. The van der Waals surface area contributed by atoms with Gasteiger partial charge in [0, 0.05) is 26.0 Å². The Labute approximate surface area is 107 Å². The van der Waals surface area contributed by atoms with Crippen LogP contribution in [0.5, 0.6) is 0 Å². The second-order valence-corrected chi connectivity index (χ2v) is 7.52. The molecule has 4 nitrogen and oxygen atoms in total. The molecule has 0 aromatic carbocycles. The summed E-state index contributed by atoms with van der Waals surface area (Å²) in [6.45, 7) is 4.27. The number of hydrogen-bond acceptors (Lipinski definition) is 4. The van der Waals surface area contributed by atoms with E-state index in [0.29, 0.717) is 5.92 Å². The van der Waals surface area contributed by atoms with Crippen LogP contribution in [0, 0.1) is 5.92 Å². The Morgan fingerprint density at radius 2 is 2.00 bits per heavy atom. The third-order valence-corrected chi connectivity index (χ3v) is 5.22. The lowest BCUT2D eigenvalue weighted by Crippen LogP contribution is -2.22. The van der Waals surface area contributed by atoms with Gasteiger partial charge in [0.25, 0.3) is 0 Å². The molecular formula is C11H18N2O2S2. The maximum atomic E-state index is 11.8. The maximum absolute atomic E-state index is 11.8. The van der Waals surface area contributed by atoms with Crippen molar-refractivity contribution in [3.63, 3.8) is 0 Å². The summed E-state index contributed by atoms with van der Waals surface area (Å²) in [6, 6.07) is 3.36. The van der Waals surface area contributed by atoms with Gasteiger partial charge in [-0.1, -0.05) is 13.8 Å². The molecule has 0 saturated carbocycles. The van der Waals surface area contributed by atoms with E-state index >= 15 is 0 Å². The Morgan fingerprint density at radius 1 is 1.35 bits per heavy atom. The van der Waals surface area contributed by atoms with Crippen LogP contribution in [0.2, 0.25) is 0 Å². The molecule has 0 fully saturated rings. The molecule has 0 aliphatic carbocycles. The Balaban J connectivity index is 2.82. The Hall–Kier alpha value is -0.590. The lowest BCUT2D eigenvalue weighted by Gasteiger charge is -2.11. The predicted octanol–water partition coefficient (Wildman–Crippen LogP) is 2.08. The molecule has 1 aromatic heterocycles. The van der Waals surface area contributed by atoms with Gasteiger partial charge in [-0.05, 0) is 18.1 Å². The van der Waals surface area contributed by atoms with Crippen LogP contribution in [0.3, 0.4) is 0 Å². The summed E-state index contributed by atoms with van der Waals surface area (Å²) in [6.07, 6.45) is 1.41. The van der Waals surface area contributed by atoms with E-state index in [1.807, 2.05) is 0 Å². The van der Waals surface area contributed by atoms with E-state index < -0.39 is 10.0 Å². The fraction of sp³-hybridized carbons (Fsp3) is 0.545. The summed E-state index contributed by atoms with van der Waals surface area (Å²) in [4.78, 5) is 4.39. The summed E-state index contributed by atoms with van der Waals surface area (Å²) in [7, 11) is -0.342. The van der Waals surface area contributed by atoms with E-state index in [2.05, 4.69) is 18.8 Å². The molecule has 0 spiro atoms. The fourth-order valence-electron chi connectivity index (χ4n) is 1.07. The molecule has 0 aliphatic rings. The molecule has 1 rings (SSSR count). The van der Waals surface area contributed by atoms with E-state index in [4.69, 9.17) is 0 Å². The molecule has 0 amide bonds. The largest absolute Gasteiger partial charge is 0.249 e. The minimum absolute atomic E-state index is 0.233. The normalized spacial score (nSPS) is 12.4. The van der Waals surface area contributed by atoms with Gasteiger partial charge in [0.1, 0.15) is 4.90 Å². The summed E-state index contributed by atoms with van der Waals surface area (Å²) in [5, 5.41) is 0.858. The highest BCUT2D eigenvalue weighted by Gasteiger charge is 2.17. The Morgan fingerprint density at radius 3 is 2.41 bits per heavy atom. The smallest absolute Gasteiger partial charge is 0.244 e. The first kappa shape index (κ1) is 14.5. The van der Waals surface area contributed by atoms with Gasteiger partial charge in [-0.25, -0.2) is 17.7 Å². The topological polar surface area (TPSA) is 50.3 Å². The van der Waals surface area contributed by atoms with Crippen molar-refractivity contribution in [2.45, 2.75) is 23.8 Å².